The third-order valence-electron chi connectivity index (χ3n) is 3.24. The molecular formula is C18H15F3N2O4. The fraction of sp³-hybridized carbons (Fsp3) is 0.111. The molecule has 2 rings (SSSR count). The number of nitrogens with one attached hydrogen (secondary N) is 2. The number of alkyl halides is 2. The second kappa shape index (κ2) is 9.27. The molecule has 0 aliphatic rings. The molecule has 9 heteroatoms. The molecule has 0 fully saturated rings. The highest BCUT2D eigenvalue weighted by molar-refractivity contribution is 5.97. The lowest BCUT2D eigenvalue weighted by molar-refractivity contribution is -0.117. The summed E-state index contributed by atoms with van der Waals surface area (Å²) in [5, 5.41) is 0. The Balaban J connectivity index is 1.94. The Morgan fingerprint density at radius 2 is 1.74 bits per heavy atom. The average Bonchev–Trinajstić information content (AvgIpc) is 2.65. The van der Waals surface area contributed by atoms with Gasteiger partial charge in [-0.15, -0.1) is 0 Å². The zero-order valence-corrected chi connectivity index (χ0v) is 14.0. The molecule has 142 valence electrons. The molecule has 2 aromatic rings. The Morgan fingerprint density at radius 3 is 2.37 bits per heavy atom. The molecule has 0 bridgehead atoms. The van der Waals surface area contributed by atoms with E-state index in [0.717, 1.165) is 18.2 Å². The monoisotopic (exact) mass is 380 g/mol. The topological polar surface area (TPSA) is 76.7 Å². The summed E-state index contributed by atoms with van der Waals surface area (Å²) >= 11 is 0. The molecule has 0 saturated heterocycles. The Morgan fingerprint density at radius 1 is 1.04 bits per heavy atom. The summed E-state index contributed by atoms with van der Waals surface area (Å²) in [6.07, 6.45) is 2.50. The molecule has 0 aromatic heterocycles. The minimum atomic E-state index is -2.99. The van der Waals surface area contributed by atoms with Crippen LogP contribution in [0.1, 0.15) is 15.9 Å². The zero-order valence-electron chi connectivity index (χ0n) is 14.0. The van der Waals surface area contributed by atoms with Gasteiger partial charge < -0.3 is 9.47 Å². The molecular weight excluding hydrogens is 365 g/mol. The Bertz CT molecular complexity index is 839. The fourth-order valence-electron chi connectivity index (χ4n) is 1.99. The van der Waals surface area contributed by atoms with Crippen LogP contribution in [0.5, 0.6) is 11.5 Å². The first kappa shape index (κ1) is 19.8. The maximum absolute atomic E-state index is 12.8. The van der Waals surface area contributed by atoms with Crippen molar-refractivity contribution in [3.8, 4) is 11.5 Å². The van der Waals surface area contributed by atoms with E-state index in [1.165, 1.54) is 43.5 Å². The van der Waals surface area contributed by atoms with Crippen LogP contribution in [0.15, 0.2) is 48.5 Å². The number of hydrogen-bond donors (Lipinski definition) is 2. The molecule has 0 aliphatic heterocycles. The molecule has 0 spiro atoms. The van der Waals surface area contributed by atoms with Gasteiger partial charge in [0.2, 0.25) is 0 Å². The van der Waals surface area contributed by atoms with E-state index in [2.05, 4.69) is 15.6 Å². The summed E-state index contributed by atoms with van der Waals surface area (Å²) < 4.78 is 46.6. The normalized spacial score (nSPS) is 10.7. The number of rotatable bonds is 6. The number of hydrazine groups is 1. The molecule has 27 heavy (non-hydrogen) atoms. The molecule has 6 nitrogen and oxygen atoms in total. The van der Waals surface area contributed by atoms with E-state index in [1.54, 1.807) is 0 Å². The van der Waals surface area contributed by atoms with Gasteiger partial charge in [0, 0.05) is 11.6 Å². The van der Waals surface area contributed by atoms with Crippen molar-refractivity contribution < 1.29 is 32.2 Å². The van der Waals surface area contributed by atoms with E-state index in [1.807, 2.05) is 0 Å². The van der Waals surface area contributed by atoms with Gasteiger partial charge in [0.05, 0.1) is 7.11 Å². The van der Waals surface area contributed by atoms with Gasteiger partial charge in [-0.25, -0.2) is 4.39 Å². The highest BCUT2D eigenvalue weighted by Gasteiger charge is 2.10. The third kappa shape index (κ3) is 6.07. The first-order chi connectivity index (χ1) is 12.9. The average molecular weight is 380 g/mol. The molecule has 2 N–H and O–H groups in total. The number of amides is 2. The minimum absolute atomic E-state index is 0.0717. The molecule has 0 saturated carbocycles. The zero-order chi connectivity index (χ0) is 19.8. The lowest BCUT2D eigenvalue weighted by Crippen LogP contribution is -2.40. The van der Waals surface area contributed by atoms with E-state index in [-0.39, 0.29) is 17.1 Å². The van der Waals surface area contributed by atoms with Crippen molar-refractivity contribution >= 4 is 17.9 Å². The van der Waals surface area contributed by atoms with Gasteiger partial charge >= 0.3 is 6.61 Å². The van der Waals surface area contributed by atoms with E-state index in [4.69, 9.17) is 4.74 Å². The van der Waals surface area contributed by atoms with Crippen molar-refractivity contribution in [3.63, 3.8) is 0 Å². The fourth-order valence-corrected chi connectivity index (χ4v) is 1.99. The number of methoxy groups -OCH3 is 1. The summed E-state index contributed by atoms with van der Waals surface area (Å²) in [6, 6.07) is 8.89. The Hall–Kier alpha value is -3.49. The molecule has 0 heterocycles. The van der Waals surface area contributed by atoms with Gasteiger partial charge in [-0.3, -0.25) is 20.4 Å². The highest BCUT2D eigenvalue weighted by Crippen LogP contribution is 2.29. The first-order valence-corrected chi connectivity index (χ1v) is 7.56. The lowest BCUT2D eigenvalue weighted by atomic mass is 10.2. The van der Waals surface area contributed by atoms with Crippen LogP contribution in [0, 0.1) is 5.82 Å². The van der Waals surface area contributed by atoms with E-state index in [9.17, 15) is 22.8 Å². The molecule has 2 amide bonds. The van der Waals surface area contributed by atoms with Crippen molar-refractivity contribution in [1.29, 1.82) is 0 Å². The van der Waals surface area contributed by atoms with Crippen LogP contribution in [-0.2, 0) is 4.79 Å². The van der Waals surface area contributed by atoms with Crippen LogP contribution in [-0.4, -0.2) is 25.5 Å². The number of benzene rings is 2. The third-order valence-corrected chi connectivity index (χ3v) is 3.24. The Kier molecular flexibility index (Phi) is 6.81. The molecule has 0 aliphatic carbocycles. The number of carbonyl (C=O) groups is 2. The van der Waals surface area contributed by atoms with Crippen LogP contribution in [0.2, 0.25) is 0 Å². The largest absolute Gasteiger partial charge is 0.493 e. The molecule has 0 atom stereocenters. The van der Waals surface area contributed by atoms with Gasteiger partial charge in [-0.1, -0.05) is 6.07 Å². The van der Waals surface area contributed by atoms with E-state index in [0.29, 0.717) is 5.56 Å². The second-order valence-electron chi connectivity index (χ2n) is 5.07. The van der Waals surface area contributed by atoms with Gasteiger partial charge in [-0.05, 0) is 48.0 Å². The lowest BCUT2D eigenvalue weighted by Gasteiger charge is -2.10. The van der Waals surface area contributed by atoms with Crippen LogP contribution in [0.25, 0.3) is 6.08 Å². The first-order valence-electron chi connectivity index (χ1n) is 7.56. The maximum Gasteiger partial charge on any atom is 0.387 e. The van der Waals surface area contributed by atoms with Crippen LogP contribution < -0.4 is 20.3 Å². The van der Waals surface area contributed by atoms with Crippen molar-refractivity contribution in [2.45, 2.75) is 6.61 Å². The molecule has 2 aromatic carbocycles. The second-order valence-corrected chi connectivity index (χ2v) is 5.07. The van der Waals surface area contributed by atoms with Gasteiger partial charge in [-0.2, -0.15) is 8.78 Å². The smallest absolute Gasteiger partial charge is 0.387 e. The van der Waals surface area contributed by atoms with Crippen molar-refractivity contribution in [2.24, 2.45) is 0 Å². The SMILES string of the molecule is COc1cc(/C=C/C(=O)NNC(=O)c2ccc(F)cc2)ccc1OC(F)F. The minimum Gasteiger partial charge on any atom is -0.493 e. The predicted octanol–water partition coefficient (Wildman–Crippen LogP) is 2.91. The van der Waals surface area contributed by atoms with Crippen molar-refractivity contribution in [2.75, 3.05) is 7.11 Å². The van der Waals surface area contributed by atoms with Crippen LogP contribution in [0.3, 0.4) is 0 Å². The summed E-state index contributed by atoms with van der Waals surface area (Å²) in [5.74, 6) is -1.81. The summed E-state index contributed by atoms with van der Waals surface area (Å²) in [5.41, 5.74) is 4.97. The van der Waals surface area contributed by atoms with E-state index < -0.39 is 24.2 Å². The summed E-state index contributed by atoms with van der Waals surface area (Å²) in [6.45, 7) is -2.99. The van der Waals surface area contributed by atoms with Gasteiger partial charge in [0.15, 0.2) is 11.5 Å². The van der Waals surface area contributed by atoms with Crippen molar-refractivity contribution in [3.05, 3.63) is 65.5 Å². The Labute approximate surface area is 152 Å². The summed E-state index contributed by atoms with van der Waals surface area (Å²) in [4.78, 5) is 23.5. The number of ether oxygens (including phenoxy) is 2. The van der Waals surface area contributed by atoms with Crippen LogP contribution >= 0.6 is 0 Å². The predicted molar refractivity (Wildman–Crippen MR) is 90.7 cm³/mol. The molecule has 0 radical (unpaired) electrons. The maximum atomic E-state index is 12.8. The number of halogens is 3. The quantitative estimate of drug-likeness (QED) is 0.597. The van der Waals surface area contributed by atoms with Crippen LogP contribution in [0.4, 0.5) is 13.2 Å². The number of carbonyl (C=O) groups excluding carboxylic acids is 2. The number of hydrogen-bond acceptors (Lipinski definition) is 4. The standard InChI is InChI=1S/C18H15F3N2O4/c1-26-15-10-11(2-8-14(15)27-18(20)21)3-9-16(24)22-23-17(25)12-4-6-13(19)7-5-12/h2-10,18H,1H3,(H,22,24)(H,23,25)/b9-3+. The van der Waals surface area contributed by atoms with Gasteiger partial charge in [0.1, 0.15) is 5.82 Å². The van der Waals surface area contributed by atoms with Crippen molar-refractivity contribution in [1.82, 2.24) is 10.9 Å². The summed E-state index contributed by atoms with van der Waals surface area (Å²) in [7, 11) is 1.29. The van der Waals surface area contributed by atoms with E-state index >= 15 is 0 Å². The molecule has 0 unspecified atom stereocenters. The van der Waals surface area contributed by atoms with Gasteiger partial charge in [0.25, 0.3) is 11.8 Å². The highest BCUT2D eigenvalue weighted by atomic mass is 19.3.